The van der Waals surface area contributed by atoms with Crippen LogP contribution in [-0.4, -0.2) is 11.3 Å². The van der Waals surface area contributed by atoms with E-state index in [4.69, 9.17) is 0 Å². The smallest absolute Gasteiger partial charge is 0.123 e. The van der Waals surface area contributed by atoms with Gasteiger partial charge in [0.05, 0.1) is 11.9 Å². The SMILES string of the molecule is Oc1cccc(C=NNc2ccc(F)cc2)c1. The maximum Gasteiger partial charge on any atom is 0.123 e. The number of phenolic OH excluding ortho intramolecular Hbond substituents is 1. The summed E-state index contributed by atoms with van der Waals surface area (Å²) in [6.45, 7) is 0. The van der Waals surface area contributed by atoms with Gasteiger partial charge in [-0.25, -0.2) is 4.39 Å². The molecule has 0 aliphatic carbocycles. The van der Waals surface area contributed by atoms with Gasteiger partial charge in [-0.3, -0.25) is 5.43 Å². The van der Waals surface area contributed by atoms with Gasteiger partial charge in [0.15, 0.2) is 0 Å². The molecule has 0 saturated heterocycles. The van der Waals surface area contributed by atoms with E-state index < -0.39 is 0 Å². The molecule has 2 aromatic carbocycles. The van der Waals surface area contributed by atoms with Gasteiger partial charge in [0.1, 0.15) is 11.6 Å². The second-order valence-electron chi connectivity index (χ2n) is 3.47. The van der Waals surface area contributed by atoms with Crippen LogP contribution in [0.25, 0.3) is 0 Å². The summed E-state index contributed by atoms with van der Waals surface area (Å²) in [5, 5.41) is 13.2. The fourth-order valence-electron chi connectivity index (χ4n) is 1.31. The molecule has 0 aliphatic heterocycles. The van der Waals surface area contributed by atoms with Crippen molar-refractivity contribution in [2.45, 2.75) is 0 Å². The molecule has 0 fully saturated rings. The minimum atomic E-state index is -0.285. The number of hydrazone groups is 1. The summed E-state index contributed by atoms with van der Waals surface area (Å²) in [6.07, 6.45) is 1.57. The first-order valence-electron chi connectivity index (χ1n) is 5.08. The first-order chi connectivity index (χ1) is 8.24. The number of hydrogen-bond donors (Lipinski definition) is 2. The lowest BCUT2D eigenvalue weighted by atomic mass is 10.2. The highest BCUT2D eigenvalue weighted by atomic mass is 19.1. The van der Waals surface area contributed by atoms with Crippen LogP contribution in [0.5, 0.6) is 5.75 Å². The van der Waals surface area contributed by atoms with E-state index in [1.807, 2.05) is 6.07 Å². The van der Waals surface area contributed by atoms with Crippen LogP contribution in [0.2, 0.25) is 0 Å². The first-order valence-corrected chi connectivity index (χ1v) is 5.08. The van der Waals surface area contributed by atoms with E-state index in [1.165, 1.54) is 12.1 Å². The zero-order valence-electron chi connectivity index (χ0n) is 8.97. The maximum absolute atomic E-state index is 12.6. The molecule has 17 heavy (non-hydrogen) atoms. The third-order valence-corrected chi connectivity index (χ3v) is 2.12. The summed E-state index contributed by atoms with van der Waals surface area (Å²) in [6, 6.07) is 12.6. The van der Waals surface area contributed by atoms with Crippen LogP contribution in [0.15, 0.2) is 53.6 Å². The molecule has 2 N–H and O–H groups in total. The summed E-state index contributed by atoms with van der Waals surface area (Å²) in [7, 11) is 0. The van der Waals surface area contributed by atoms with Gasteiger partial charge in [0, 0.05) is 0 Å². The van der Waals surface area contributed by atoms with Gasteiger partial charge in [-0.05, 0) is 42.0 Å². The monoisotopic (exact) mass is 230 g/mol. The van der Waals surface area contributed by atoms with E-state index in [9.17, 15) is 9.50 Å². The lowest BCUT2D eigenvalue weighted by Crippen LogP contribution is -1.90. The average Bonchev–Trinajstić information content (AvgIpc) is 2.32. The van der Waals surface area contributed by atoms with Crippen molar-refractivity contribution in [2.75, 3.05) is 5.43 Å². The molecular weight excluding hydrogens is 219 g/mol. The summed E-state index contributed by atoms with van der Waals surface area (Å²) < 4.78 is 12.6. The Hall–Kier alpha value is -2.36. The van der Waals surface area contributed by atoms with Crippen LogP contribution in [-0.2, 0) is 0 Å². The van der Waals surface area contributed by atoms with Crippen molar-refractivity contribution in [2.24, 2.45) is 5.10 Å². The van der Waals surface area contributed by atoms with E-state index in [0.29, 0.717) is 5.69 Å². The quantitative estimate of drug-likeness (QED) is 0.629. The van der Waals surface area contributed by atoms with E-state index in [-0.39, 0.29) is 11.6 Å². The molecule has 0 aromatic heterocycles. The summed E-state index contributed by atoms with van der Waals surface area (Å²) in [4.78, 5) is 0. The van der Waals surface area contributed by atoms with E-state index in [1.54, 1.807) is 36.5 Å². The highest BCUT2D eigenvalue weighted by molar-refractivity contribution is 5.80. The van der Waals surface area contributed by atoms with Gasteiger partial charge in [0.25, 0.3) is 0 Å². The number of anilines is 1. The van der Waals surface area contributed by atoms with Crippen LogP contribution >= 0.6 is 0 Å². The Labute approximate surface area is 98.2 Å². The number of benzene rings is 2. The van der Waals surface area contributed by atoms with Crippen molar-refractivity contribution in [3.05, 3.63) is 59.9 Å². The molecule has 2 rings (SSSR count). The molecular formula is C13H11FN2O. The van der Waals surface area contributed by atoms with E-state index in [0.717, 1.165) is 5.56 Å². The summed E-state index contributed by atoms with van der Waals surface area (Å²) in [5.41, 5.74) is 4.24. The van der Waals surface area contributed by atoms with Crippen molar-refractivity contribution >= 4 is 11.9 Å². The molecule has 4 heteroatoms. The van der Waals surface area contributed by atoms with Crippen molar-refractivity contribution in [3.63, 3.8) is 0 Å². The largest absolute Gasteiger partial charge is 0.508 e. The minimum absolute atomic E-state index is 0.190. The number of aromatic hydroxyl groups is 1. The normalized spacial score (nSPS) is 10.6. The number of nitrogens with one attached hydrogen (secondary N) is 1. The lowest BCUT2D eigenvalue weighted by molar-refractivity contribution is 0.475. The average molecular weight is 230 g/mol. The molecule has 0 saturated carbocycles. The first kappa shape index (κ1) is 11.1. The Morgan fingerprint density at radius 1 is 1.12 bits per heavy atom. The predicted molar refractivity (Wildman–Crippen MR) is 65.7 cm³/mol. The zero-order valence-corrected chi connectivity index (χ0v) is 8.97. The maximum atomic E-state index is 12.6. The fraction of sp³-hybridized carbons (Fsp3) is 0. The van der Waals surface area contributed by atoms with Gasteiger partial charge < -0.3 is 5.11 Å². The highest BCUT2D eigenvalue weighted by Gasteiger charge is 1.91. The zero-order chi connectivity index (χ0) is 12.1. The predicted octanol–water partition coefficient (Wildman–Crippen LogP) is 2.98. The third kappa shape index (κ3) is 3.31. The second-order valence-corrected chi connectivity index (χ2v) is 3.47. The molecule has 0 aliphatic rings. The molecule has 0 bridgehead atoms. The highest BCUT2D eigenvalue weighted by Crippen LogP contribution is 2.10. The Bertz CT molecular complexity index is 523. The molecule has 0 amide bonds. The number of halogens is 1. The Morgan fingerprint density at radius 2 is 1.88 bits per heavy atom. The Morgan fingerprint density at radius 3 is 2.59 bits per heavy atom. The molecule has 0 unspecified atom stereocenters. The van der Waals surface area contributed by atoms with Gasteiger partial charge >= 0.3 is 0 Å². The van der Waals surface area contributed by atoms with Gasteiger partial charge in [0.2, 0.25) is 0 Å². The van der Waals surface area contributed by atoms with Crippen LogP contribution in [0.3, 0.4) is 0 Å². The van der Waals surface area contributed by atoms with Crippen molar-refractivity contribution in [1.29, 1.82) is 0 Å². The molecule has 0 spiro atoms. The summed E-state index contributed by atoms with van der Waals surface area (Å²) >= 11 is 0. The minimum Gasteiger partial charge on any atom is -0.508 e. The van der Waals surface area contributed by atoms with Crippen LogP contribution in [0.4, 0.5) is 10.1 Å². The molecule has 0 radical (unpaired) electrons. The second kappa shape index (κ2) is 5.12. The van der Waals surface area contributed by atoms with E-state index in [2.05, 4.69) is 10.5 Å². The molecule has 0 heterocycles. The van der Waals surface area contributed by atoms with Crippen LogP contribution in [0, 0.1) is 5.82 Å². The number of nitrogens with zero attached hydrogens (tertiary/aromatic N) is 1. The van der Waals surface area contributed by atoms with Gasteiger partial charge in [-0.15, -0.1) is 0 Å². The molecule has 86 valence electrons. The van der Waals surface area contributed by atoms with Crippen LogP contribution in [0.1, 0.15) is 5.56 Å². The van der Waals surface area contributed by atoms with Crippen molar-refractivity contribution in [3.8, 4) is 5.75 Å². The number of phenols is 1. The molecule has 2 aromatic rings. The Balaban J connectivity index is 2.00. The standard InChI is InChI=1S/C13H11FN2O/c14-11-4-6-12(7-5-11)16-15-9-10-2-1-3-13(17)8-10/h1-9,16-17H. The Kier molecular flexibility index (Phi) is 3.35. The number of rotatable bonds is 3. The van der Waals surface area contributed by atoms with Crippen molar-refractivity contribution in [1.82, 2.24) is 0 Å². The third-order valence-electron chi connectivity index (χ3n) is 2.12. The van der Waals surface area contributed by atoms with Crippen LogP contribution < -0.4 is 5.43 Å². The summed E-state index contributed by atoms with van der Waals surface area (Å²) in [5.74, 6) is -0.0942. The van der Waals surface area contributed by atoms with E-state index >= 15 is 0 Å². The lowest BCUT2D eigenvalue weighted by Gasteiger charge is -1.99. The van der Waals surface area contributed by atoms with Crippen molar-refractivity contribution < 1.29 is 9.50 Å². The number of hydrogen-bond acceptors (Lipinski definition) is 3. The topological polar surface area (TPSA) is 44.6 Å². The fourth-order valence-corrected chi connectivity index (χ4v) is 1.31. The van der Waals surface area contributed by atoms with Gasteiger partial charge in [-0.1, -0.05) is 12.1 Å². The molecule has 0 atom stereocenters. The molecule has 3 nitrogen and oxygen atoms in total. The van der Waals surface area contributed by atoms with Gasteiger partial charge in [-0.2, -0.15) is 5.10 Å².